The maximum absolute atomic E-state index is 2.36. The number of rotatable bonds is 8. The zero-order valence-electron chi connectivity index (χ0n) is 29.6. The predicted octanol–water partition coefficient (Wildman–Crippen LogP) is 13.3. The van der Waals surface area contributed by atoms with Gasteiger partial charge in [-0.2, -0.15) is 0 Å². The second-order valence-electron chi connectivity index (χ2n) is 13.6. The van der Waals surface area contributed by atoms with Crippen LogP contribution in [0.5, 0.6) is 0 Å². The van der Waals surface area contributed by atoms with Crippen LogP contribution in [-0.4, -0.2) is 0 Å². The highest BCUT2D eigenvalue weighted by molar-refractivity contribution is 5.81. The Kier molecular flexibility index (Phi) is 9.37. The quantitative estimate of drug-likeness (QED) is 0.155. The first kappa shape index (κ1) is 32.6. The van der Waals surface area contributed by atoms with Crippen molar-refractivity contribution in [1.82, 2.24) is 0 Å². The minimum Gasteiger partial charge on any atom is -0.310 e. The van der Waals surface area contributed by atoms with Crippen molar-refractivity contribution >= 4 is 46.3 Å². The van der Waals surface area contributed by atoms with Gasteiger partial charge >= 0.3 is 0 Å². The SMILES string of the molecule is Cc1cc(C)cc(N(c2ccc(C=Cc3ccc(N(c4cc(C)cc(C)c4)c4cc(C)cc(C)c4)cc3)cc2)c2cc(C)cc(C)c2)c1. The van der Waals surface area contributed by atoms with Crippen LogP contribution in [0.2, 0.25) is 0 Å². The van der Waals surface area contributed by atoms with Crippen LogP contribution >= 0.6 is 0 Å². The van der Waals surface area contributed by atoms with Crippen LogP contribution in [0, 0.1) is 55.4 Å². The summed E-state index contributed by atoms with van der Waals surface area (Å²) in [5.41, 5.74) is 19.4. The number of nitrogens with zero attached hydrogens (tertiary/aromatic N) is 2. The summed E-state index contributed by atoms with van der Waals surface area (Å²) >= 11 is 0. The topological polar surface area (TPSA) is 6.48 Å². The third-order valence-electron chi connectivity index (χ3n) is 8.63. The van der Waals surface area contributed by atoms with Gasteiger partial charge in [0.05, 0.1) is 0 Å². The lowest BCUT2D eigenvalue weighted by Gasteiger charge is -2.27. The van der Waals surface area contributed by atoms with Crippen molar-refractivity contribution in [3.63, 3.8) is 0 Å². The van der Waals surface area contributed by atoms with Gasteiger partial charge in [-0.15, -0.1) is 0 Å². The van der Waals surface area contributed by atoms with Crippen molar-refractivity contribution in [2.75, 3.05) is 9.80 Å². The van der Waals surface area contributed by atoms with E-state index in [0.29, 0.717) is 0 Å². The Labute approximate surface area is 287 Å². The van der Waals surface area contributed by atoms with Gasteiger partial charge in [-0.25, -0.2) is 0 Å². The Morgan fingerprint density at radius 1 is 0.271 bits per heavy atom. The summed E-state index contributed by atoms with van der Waals surface area (Å²) in [4.78, 5) is 4.73. The average Bonchev–Trinajstić information content (AvgIpc) is 3.00. The van der Waals surface area contributed by atoms with Crippen molar-refractivity contribution in [3.8, 4) is 0 Å². The molecule has 6 rings (SSSR count). The Hall–Kier alpha value is -5.34. The van der Waals surface area contributed by atoms with E-state index < -0.39 is 0 Å². The first-order valence-electron chi connectivity index (χ1n) is 16.8. The molecule has 0 N–H and O–H groups in total. The second-order valence-corrected chi connectivity index (χ2v) is 13.6. The molecule has 0 saturated heterocycles. The molecule has 0 amide bonds. The lowest BCUT2D eigenvalue weighted by atomic mass is 10.1. The lowest BCUT2D eigenvalue weighted by molar-refractivity contribution is 1.23. The van der Waals surface area contributed by atoms with Crippen molar-refractivity contribution in [2.45, 2.75) is 55.4 Å². The van der Waals surface area contributed by atoms with Gasteiger partial charge in [-0.3, -0.25) is 0 Å². The maximum atomic E-state index is 2.36. The van der Waals surface area contributed by atoms with Crippen LogP contribution in [0.1, 0.15) is 55.6 Å². The monoisotopic (exact) mass is 626 g/mol. The van der Waals surface area contributed by atoms with Crippen molar-refractivity contribution in [1.29, 1.82) is 0 Å². The molecule has 0 spiro atoms. The molecule has 0 bridgehead atoms. The van der Waals surface area contributed by atoms with Crippen LogP contribution in [-0.2, 0) is 0 Å². The third kappa shape index (κ3) is 7.61. The molecule has 2 nitrogen and oxygen atoms in total. The van der Waals surface area contributed by atoms with E-state index in [4.69, 9.17) is 0 Å². The van der Waals surface area contributed by atoms with Crippen molar-refractivity contribution < 1.29 is 0 Å². The molecular weight excluding hydrogens is 581 g/mol. The van der Waals surface area contributed by atoms with Crippen LogP contribution in [0.15, 0.2) is 121 Å². The molecule has 0 aliphatic heterocycles. The van der Waals surface area contributed by atoms with E-state index >= 15 is 0 Å². The number of anilines is 6. The van der Waals surface area contributed by atoms with Gasteiger partial charge in [0.15, 0.2) is 0 Å². The Morgan fingerprint density at radius 3 is 0.688 bits per heavy atom. The fourth-order valence-electron chi connectivity index (χ4n) is 6.87. The standard InChI is InChI=1S/C46H46N2/c1-31-19-32(2)24-43(23-31)47(44-25-33(3)20-34(4)26-44)41-15-11-39(12-16-41)9-10-40-13-17-42(18-14-40)48(45-27-35(5)21-36(6)28-45)46-29-37(7)22-38(8)30-46/h9-30H,1-8H3. The van der Waals surface area contributed by atoms with Gasteiger partial charge in [0.2, 0.25) is 0 Å². The summed E-state index contributed by atoms with van der Waals surface area (Å²) < 4.78 is 0. The van der Waals surface area contributed by atoms with E-state index in [9.17, 15) is 0 Å². The number of hydrogen-bond donors (Lipinski definition) is 0. The Balaban J connectivity index is 1.28. The summed E-state index contributed by atoms with van der Waals surface area (Å²) in [7, 11) is 0. The van der Waals surface area contributed by atoms with Gasteiger partial charge < -0.3 is 9.80 Å². The Morgan fingerprint density at radius 2 is 0.479 bits per heavy atom. The van der Waals surface area contributed by atoms with Crippen LogP contribution in [0.25, 0.3) is 12.2 Å². The molecular formula is C46H46N2. The van der Waals surface area contributed by atoms with E-state index in [1.54, 1.807) is 0 Å². The van der Waals surface area contributed by atoms with E-state index in [1.165, 1.54) is 67.3 Å². The van der Waals surface area contributed by atoms with Crippen LogP contribution in [0.3, 0.4) is 0 Å². The summed E-state index contributed by atoms with van der Waals surface area (Å²) in [6.07, 6.45) is 4.39. The first-order chi connectivity index (χ1) is 23.0. The maximum Gasteiger partial charge on any atom is 0.0466 e. The summed E-state index contributed by atoms with van der Waals surface area (Å²) in [6, 6.07) is 44.8. The minimum atomic E-state index is 1.14. The zero-order chi connectivity index (χ0) is 33.9. The molecule has 0 atom stereocenters. The minimum absolute atomic E-state index is 1.14. The van der Waals surface area contributed by atoms with Crippen LogP contribution in [0.4, 0.5) is 34.1 Å². The molecule has 6 aromatic carbocycles. The van der Waals surface area contributed by atoms with Gasteiger partial charge in [0, 0.05) is 34.1 Å². The fourth-order valence-corrected chi connectivity index (χ4v) is 6.87. The van der Waals surface area contributed by atoms with Gasteiger partial charge in [-0.1, -0.05) is 60.7 Å². The molecule has 6 aromatic rings. The largest absolute Gasteiger partial charge is 0.310 e. The highest BCUT2D eigenvalue weighted by Crippen LogP contribution is 2.38. The lowest BCUT2D eigenvalue weighted by Crippen LogP contribution is -2.11. The molecule has 0 unspecified atom stereocenters. The van der Waals surface area contributed by atoms with Crippen molar-refractivity contribution in [3.05, 3.63) is 177 Å². The number of benzene rings is 6. The number of aryl methyl sites for hydroxylation is 8. The molecule has 0 aromatic heterocycles. The average molecular weight is 627 g/mol. The van der Waals surface area contributed by atoms with Gasteiger partial charge in [0.1, 0.15) is 0 Å². The molecule has 0 radical (unpaired) electrons. The van der Waals surface area contributed by atoms with Crippen LogP contribution < -0.4 is 9.80 Å². The first-order valence-corrected chi connectivity index (χ1v) is 16.8. The van der Waals surface area contributed by atoms with E-state index in [0.717, 1.165) is 22.5 Å². The zero-order valence-corrected chi connectivity index (χ0v) is 29.6. The smallest absolute Gasteiger partial charge is 0.0466 e. The van der Waals surface area contributed by atoms with Gasteiger partial charge in [-0.05, 0) is 184 Å². The number of hydrogen-bond acceptors (Lipinski definition) is 2. The highest BCUT2D eigenvalue weighted by atomic mass is 15.1. The molecule has 0 saturated carbocycles. The van der Waals surface area contributed by atoms with Crippen molar-refractivity contribution in [2.24, 2.45) is 0 Å². The molecule has 48 heavy (non-hydrogen) atoms. The van der Waals surface area contributed by atoms with Gasteiger partial charge in [0.25, 0.3) is 0 Å². The van der Waals surface area contributed by atoms with E-state index in [2.05, 4.69) is 199 Å². The Bertz CT molecular complexity index is 1760. The molecule has 240 valence electrons. The molecule has 0 fully saturated rings. The third-order valence-corrected chi connectivity index (χ3v) is 8.63. The summed E-state index contributed by atoms with van der Waals surface area (Å²) in [6.45, 7) is 17.3. The molecule has 0 heterocycles. The second kappa shape index (κ2) is 13.8. The summed E-state index contributed by atoms with van der Waals surface area (Å²) in [5.74, 6) is 0. The predicted molar refractivity (Wildman–Crippen MR) is 209 cm³/mol. The normalized spacial score (nSPS) is 11.2. The van der Waals surface area contributed by atoms with E-state index in [-0.39, 0.29) is 0 Å². The van der Waals surface area contributed by atoms with E-state index in [1.807, 2.05) is 0 Å². The highest BCUT2D eigenvalue weighted by Gasteiger charge is 2.16. The molecule has 0 aliphatic carbocycles. The summed E-state index contributed by atoms with van der Waals surface area (Å²) in [5, 5.41) is 0. The molecule has 0 aliphatic rings. The fraction of sp³-hybridized carbons (Fsp3) is 0.174. The molecule has 2 heteroatoms.